The molecule has 1 aromatic carbocycles. The van der Waals surface area contributed by atoms with Gasteiger partial charge in [0.05, 0.1) is 11.3 Å². The molecule has 0 spiro atoms. The maximum Gasteiger partial charge on any atom is 0.260 e. The number of fused-ring (bicyclic) bond motifs is 1. The van der Waals surface area contributed by atoms with Crippen LogP contribution in [0.25, 0.3) is 0 Å². The molecule has 1 amide bonds. The molecule has 20 heavy (non-hydrogen) atoms. The van der Waals surface area contributed by atoms with Crippen molar-refractivity contribution in [2.24, 2.45) is 0 Å². The van der Waals surface area contributed by atoms with Crippen molar-refractivity contribution in [3.05, 3.63) is 29.8 Å². The molecule has 1 heterocycles. The van der Waals surface area contributed by atoms with Crippen LogP contribution in [0.2, 0.25) is 0 Å². The standard InChI is InChI=1S/C16H20N2O2/c1-6-15(3,4)18-14(19)12-10-8-9-11-13(12)17-16(18,5)20-7-2/h1,8-11,17H,7H2,2-5H3. The molecule has 4 nitrogen and oxygen atoms in total. The summed E-state index contributed by atoms with van der Waals surface area (Å²) >= 11 is 0. The van der Waals surface area contributed by atoms with Crippen molar-refractivity contribution < 1.29 is 9.53 Å². The molecule has 1 aliphatic rings. The zero-order valence-corrected chi connectivity index (χ0v) is 12.4. The molecule has 1 N–H and O–H groups in total. The molecule has 0 aliphatic carbocycles. The molecule has 0 aromatic heterocycles. The molecule has 1 aromatic rings. The van der Waals surface area contributed by atoms with Gasteiger partial charge >= 0.3 is 0 Å². The Hall–Kier alpha value is -1.99. The molecule has 1 aliphatic heterocycles. The van der Waals surface area contributed by atoms with Crippen LogP contribution in [-0.2, 0) is 4.74 Å². The number of nitrogens with one attached hydrogen (secondary N) is 1. The van der Waals surface area contributed by atoms with Crippen molar-refractivity contribution in [3.63, 3.8) is 0 Å². The predicted octanol–water partition coefficient (Wildman–Crippen LogP) is 2.68. The molecule has 106 valence electrons. The van der Waals surface area contributed by atoms with E-state index in [-0.39, 0.29) is 5.91 Å². The van der Waals surface area contributed by atoms with Crippen molar-refractivity contribution in [2.75, 3.05) is 11.9 Å². The number of hydrogen-bond donors (Lipinski definition) is 1. The minimum absolute atomic E-state index is 0.127. The summed E-state index contributed by atoms with van der Waals surface area (Å²) in [6.45, 7) is 7.84. The van der Waals surface area contributed by atoms with E-state index >= 15 is 0 Å². The Balaban J connectivity index is 2.58. The molecular formula is C16H20N2O2. The lowest BCUT2D eigenvalue weighted by Gasteiger charge is -2.50. The minimum atomic E-state index is -0.962. The maximum atomic E-state index is 12.8. The lowest BCUT2D eigenvalue weighted by molar-refractivity contribution is -0.125. The maximum absolute atomic E-state index is 12.8. The normalized spacial score (nSPS) is 21.9. The first-order valence-electron chi connectivity index (χ1n) is 6.69. The molecule has 0 radical (unpaired) electrons. The third-order valence-corrected chi connectivity index (χ3v) is 3.49. The second-order valence-corrected chi connectivity index (χ2v) is 5.43. The van der Waals surface area contributed by atoms with Crippen LogP contribution >= 0.6 is 0 Å². The van der Waals surface area contributed by atoms with E-state index in [1.165, 1.54) is 0 Å². The average Bonchev–Trinajstić information content (AvgIpc) is 2.38. The molecule has 0 bridgehead atoms. The number of hydrogen-bond acceptors (Lipinski definition) is 3. The fourth-order valence-electron chi connectivity index (χ4n) is 2.63. The third-order valence-electron chi connectivity index (χ3n) is 3.49. The van der Waals surface area contributed by atoms with Crippen LogP contribution in [0.4, 0.5) is 5.69 Å². The number of rotatable bonds is 3. The highest BCUT2D eigenvalue weighted by Gasteiger charge is 2.48. The van der Waals surface area contributed by atoms with Gasteiger partial charge in [-0.15, -0.1) is 6.42 Å². The summed E-state index contributed by atoms with van der Waals surface area (Å²) in [6.07, 6.45) is 5.61. The summed E-state index contributed by atoms with van der Waals surface area (Å²) in [5.74, 6) is 1.58. The average molecular weight is 272 g/mol. The van der Waals surface area contributed by atoms with Crippen LogP contribution in [-0.4, -0.2) is 28.8 Å². The summed E-state index contributed by atoms with van der Waals surface area (Å²) in [7, 11) is 0. The van der Waals surface area contributed by atoms with Gasteiger partial charge < -0.3 is 10.1 Å². The monoisotopic (exact) mass is 272 g/mol. The van der Waals surface area contributed by atoms with Crippen molar-refractivity contribution in [1.82, 2.24) is 4.90 Å². The van der Waals surface area contributed by atoms with Gasteiger partial charge in [0.1, 0.15) is 5.54 Å². The van der Waals surface area contributed by atoms with Gasteiger partial charge in [-0.3, -0.25) is 9.69 Å². The Labute approximate surface area is 120 Å². The van der Waals surface area contributed by atoms with E-state index in [0.29, 0.717) is 12.2 Å². The first kappa shape index (κ1) is 14.4. The van der Waals surface area contributed by atoms with E-state index in [2.05, 4.69) is 11.2 Å². The van der Waals surface area contributed by atoms with Gasteiger partial charge in [0, 0.05) is 13.5 Å². The number of carbonyl (C=O) groups excluding carboxylic acids is 1. The predicted molar refractivity (Wildman–Crippen MR) is 79.2 cm³/mol. The summed E-state index contributed by atoms with van der Waals surface area (Å²) in [5, 5.41) is 3.28. The van der Waals surface area contributed by atoms with Crippen LogP contribution in [0.3, 0.4) is 0 Å². The van der Waals surface area contributed by atoms with Crippen LogP contribution in [0.15, 0.2) is 24.3 Å². The Morgan fingerprint density at radius 1 is 1.45 bits per heavy atom. The van der Waals surface area contributed by atoms with Gasteiger partial charge in [-0.1, -0.05) is 18.1 Å². The van der Waals surface area contributed by atoms with Crippen LogP contribution in [0.1, 0.15) is 38.1 Å². The summed E-state index contributed by atoms with van der Waals surface area (Å²) in [6, 6.07) is 7.37. The van der Waals surface area contributed by atoms with E-state index in [4.69, 9.17) is 11.2 Å². The molecule has 0 saturated carbocycles. The summed E-state index contributed by atoms with van der Waals surface area (Å²) in [4.78, 5) is 14.4. The Bertz CT molecular complexity index is 574. The van der Waals surface area contributed by atoms with Gasteiger partial charge in [0.15, 0.2) is 0 Å². The highest BCUT2D eigenvalue weighted by molar-refractivity contribution is 6.02. The van der Waals surface area contributed by atoms with Gasteiger partial charge in [-0.25, -0.2) is 0 Å². The summed E-state index contributed by atoms with van der Waals surface area (Å²) in [5.41, 5.74) is 0.604. The fraction of sp³-hybridized carbons (Fsp3) is 0.438. The SMILES string of the molecule is C#CC(C)(C)N1C(=O)c2ccccc2NC1(C)OCC. The number of anilines is 1. The van der Waals surface area contributed by atoms with Gasteiger partial charge in [0.25, 0.3) is 5.91 Å². The number of amides is 1. The highest BCUT2D eigenvalue weighted by atomic mass is 16.5. The zero-order valence-electron chi connectivity index (χ0n) is 12.4. The van der Waals surface area contributed by atoms with E-state index < -0.39 is 11.4 Å². The number of para-hydroxylation sites is 1. The number of ether oxygens (including phenoxy) is 1. The molecule has 0 fully saturated rings. The Kier molecular flexibility index (Phi) is 3.49. The Morgan fingerprint density at radius 2 is 2.10 bits per heavy atom. The number of benzene rings is 1. The second-order valence-electron chi connectivity index (χ2n) is 5.43. The quantitative estimate of drug-likeness (QED) is 0.860. The number of nitrogens with zero attached hydrogens (tertiary/aromatic N) is 1. The van der Waals surface area contributed by atoms with Crippen molar-refractivity contribution >= 4 is 11.6 Å². The smallest absolute Gasteiger partial charge is 0.260 e. The van der Waals surface area contributed by atoms with Gasteiger partial charge in [-0.05, 0) is 32.9 Å². The number of carbonyl (C=O) groups is 1. The largest absolute Gasteiger partial charge is 0.340 e. The first-order valence-corrected chi connectivity index (χ1v) is 6.69. The minimum Gasteiger partial charge on any atom is -0.340 e. The van der Waals surface area contributed by atoms with E-state index in [0.717, 1.165) is 5.69 Å². The van der Waals surface area contributed by atoms with Crippen LogP contribution < -0.4 is 5.32 Å². The molecular weight excluding hydrogens is 252 g/mol. The van der Waals surface area contributed by atoms with Crippen molar-refractivity contribution in [3.8, 4) is 12.3 Å². The fourth-order valence-corrected chi connectivity index (χ4v) is 2.63. The molecule has 2 rings (SSSR count). The van der Waals surface area contributed by atoms with Crippen molar-refractivity contribution in [1.29, 1.82) is 0 Å². The van der Waals surface area contributed by atoms with Crippen molar-refractivity contribution in [2.45, 2.75) is 39.1 Å². The first-order chi connectivity index (χ1) is 9.35. The van der Waals surface area contributed by atoms with E-state index in [1.54, 1.807) is 11.0 Å². The third kappa shape index (κ3) is 2.14. The lowest BCUT2D eigenvalue weighted by Crippen LogP contribution is -2.66. The van der Waals surface area contributed by atoms with E-state index in [1.807, 2.05) is 45.9 Å². The molecule has 1 atom stereocenters. The van der Waals surface area contributed by atoms with Gasteiger partial charge in [0.2, 0.25) is 5.85 Å². The van der Waals surface area contributed by atoms with E-state index in [9.17, 15) is 4.79 Å². The van der Waals surface area contributed by atoms with Crippen LogP contribution in [0.5, 0.6) is 0 Å². The topological polar surface area (TPSA) is 41.6 Å². The second kappa shape index (κ2) is 4.84. The zero-order chi connectivity index (χ0) is 15.0. The van der Waals surface area contributed by atoms with Crippen LogP contribution in [0, 0.1) is 12.3 Å². The molecule has 4 heteroatoms. The summed E-state index contributed by atoms with van der Waals surface area (Å²) < 4.78 is 5.80. The number of terminal acetylenes is 1. The highest BCUT2D eigenvalue weighted by Crippen LogP contribution is 2.36. The molecule has 0 saturated heterocycles. The molecule has 1 unspecified atom stereocenters. The van der Waals surface area contributed by atoms with Gasteiger partial charge in [-0.2, -0.15) is 0 Å². The Morgan fingerprint density at radius 3 is 2.70 bits per heavy atom. The lowest BCUT2D eigenvalue weighted by atomic mass is 9.97.